The first-order chi connectivity index (χ1) is 9.11. The minimum absolute atomic E-state index is 0.148. The van der Waals surface area contributed by atoms with E-state index in [0.717, 1.165) is 0 Å². The van der Waals surface area contributed by atoms with Gasteiger partial charge >= 0.3 is 0 Å². The lowest BCUT2D eigenvalue weighted by atomic mass is 10.1. The second-order valence-corrected chi connectivity index (χ2v) is 3.87. The van der Waals surface area contributed by atoms with Crippen LogP contribution in [-0.4, -0.2) is 32.9 Å². The maximum absolute atomic E-state index is 11.9. The lowest BCUT2D eigenvalue weighted by molar-refractivity contribution is 0.0946. The van der Waals surface area contributed by atoms with E-state index in [4.69, 9.17) is 4.74 Å². The number of hydrogen-bond donors (Lipinski definition) is 2. The number of ether oxygens (including phenoxy) is 1. The zero-order valence-electron chi connectivity index (χ0n) is 10.6. The molecule has 0 saturated carbocycles. The third-order valence-corrected chi connectivity index (χ3v) is 2.52. The van der Waals surface area contributed by atoms with Crippen LogP contribution in [0.1, 0.15) is 16.2 Å². The third kappa shape index (κ3) is 2.82. The van der Waals surface area contributed by atoms with Crippen LogP contribution in [0.3, 0.4) is 0 Å². The molecule has 0 atom stereocenters. The monoisotopic (exact) mass is 262 g/mol. The molecule has 2 N–H and O–H groups in total. The van der Waals surface area contributed by atoms with Crippen LogP contribution in [0, 0.1) is 0 Å². The molecule has 1 aromatic carbocycles. The van der Waals surface area contributed by atoms with Gasteiger partial charge in [-0.15, -0.1) is 0 Å². The zero-order valence-corrected chi connectivity index (χ0v) is 10.6. The Morgan fingerprint density at radius 1 is 1.53 bits per heavy atom. The van der Waals surface area contributed by atoms with Gasteiger partial charge in [-0.05, 0) is 12.1 Å². The lowest BCUT2D eigenvalue weighted by Gasteiger charge is -2.08. The predicted octanol–water partition coefficient (Wildman–Crippen LogP) is 0.459. The molecule has 2 rings (SSSR count). The van der Waals surface area contributed by atoms with E-state index in [0.29, 0.717) is 5.82 Å². The molecule has 7 heteroatoms. The van der Waals surface area contributed by atoms with Crippen molar-refractivity contribution in [3.8, 4) is 11.5 Å². The highest BCUT2D eigenvalue weighted by Gasteiger charge is 2.14. The highest BCUT2D eigenvalue weighted by atomic mass is 16.5. The number of nitrogens with zero attached hydrogens (tertiary/aromatic N) is 3. The summed E-state index contributed by atoms with van der Waals surface area (Å²) >= 11 is 0. The van der Waals surface area contributed by atoms with Crippen LogP contribution in [0.2, 0.25) is 0 Å². The topological polar surface area (TPSA) is 89.3 Å². The molecule has 1 aromatic heterocycles. The van der Waals surface area contributed by atoms with Crippen molar-refractivity contribution >= 4 is 5.91 Å². The van der Waals surface area contributed by atoms with E-state index >= 15 is 0 Å². The number of carbonyl (C=O) groups excluding carboxylic acids is 1. The van der Waals surface area contributed by atoms with Crippen LogP contribution in [-0.2, 0) is 13.6 Å². The van der Waals surface area contributed by atoms with Crippen LogP contribution in [0.5, 0.6) is 11.5 Å². The number of hydrogen-bond acceptors (Lipinski definition) is 5. The lowest BCUT2D eigenvalue weighted by Crippen LogP contribution is -2.23. The molecule has 100 valence electrons. The molecule has 0 saturated heterocycles. The molecule has 0 aliphatic rings. The maximum Gasteiger partial charge on any atom is 0.255 e. The standard InChI is InChI=1S/C12H14N4O3/c1-16-7-14-10(15-16)6-13-12(18)8-4-3-5-9(19-2)11(8)17/h3-5,7,17H,6H2,1-2H3,(H,13,18). The number of nitrogens with one attached hydrogen (secondary N) is 1. The fourth-order valence-electron chi connectivity index (χ4n) is 1.59. The summed E-state index contributed by atoms with van der Waals surface area (Å²) in [7, 11) is 3.17. The van der Waals surface area contributed by atoms with Gasteiger partial charge in [-0.2, -0.15) is 5.10 Å². The number of para-hydroxylation sites is 1. The average Bonchev–Trinajstić information content (AvgIpc) is 2.82. The van der Waals surface area contributed by atoms with E-state index in [-0.39, 0.29) is 23.6 Å². The number of rotatable bonds is 4. The van der Waals surface area contributed by atoms with Crippen molar-refractivity contribution in [1.29, 1.82) is 0 Å². The average molecular weight is 262 g/mol. The quantitative estimate of drug-likeness (QED) is 0.835. The molecule has 0 radical (unpaired) electrons. The maximum atomic E-state index is 11.9. The number of aryl methyl sites for hydroxylation is 1. The smallest absolute Gasteiger partial charge is 0.255 e. The minimum atomic E-state index is -0.413. The summed E-state index contributed by atoms with van der Waals surface area (Å²) in [5.41, 5.74) is 0.148. The second kappa shape index (κ2) is 5.38. The number of phenols is 1. The molecule has 2 aromatic rings. The Labute approximate surface area is 109 Å². The number of amides is 1. The molecule has 0 unspecified atom stereocenters. The van der Waals surface area contributed by atoms with E-state index in [2.05, 4.69) is 15.4 Å². The van der Waals surface area contributed by atoms with Crippen LogP contribution >= 0.6 is 0 Å². The largest absolute Gasteiger partial charge is 0.504 e. The van der Waals surface area contributed by atoms with Gasteiger partial charge in [0.2, 0.25) is 0 Å². The first-order valence-electron chi connectivity index (χ1n) is 5.60. The molecule has 19 heavy (non-hydrogen) atoms. The number of aromatic hydroxyl groups is 1. The van der Waals surface area contributed by atoms with E-state index in [9.17, 15) is 9.90 Å². The van der Waals surface area contributed by atoms with Crippen LogP contribution in [0.15, 0.2) is 24.5 Å². The fraction of sp³-hybridized carbons (Fsp3) is 0.250. The normalized spacial score (nSPS) is 10.2. The van der Waals surface area contributed by atoms with Crippen LogP contribution < -0.4 is 10.1 Å². The Kier molecular flexibility index (Phi) is 3.65. The van der Waals surface area contributed by atoms with Gasteiger partial charge in [0, 0.05) is 7.05 Å². The molecule has 0 aliphatic heterocycles. The number of aromatic nitrogens is 3. The summed E-state index contributed by atoms with van der Waals surface area (Å²) in [6.45, 7) is 0.191. The molecular formula is C12H14N4O3. The van der Waals surface area contributed by atoms with Crippen molar-refractivity contribution in [2.45, 2.75) is 6.54 Å². The first-order valence-corrected chi connectivity index (χ1v) is 5.60. The molecule has 0 bridgehead atoms. The Balaban J connectivity index is 2.08. The van der Waals surface area contributed by atoms with Gasteiger partial charge in [-0.25, -0.2) is 4.98 Å². The highest BCUT2D eigenvalue weighted by Crippen LogP contribution is 2.29. The molecule has 1 heterocycles. The summed E-state index contributed by atoms with van der Waals surface area (Å²) in [4.78, 5) is 15.9. The number of phenolic OH excluding ortho intramolecular Hbond substituents is 1. The molecule has 0 spiro atoms. The van der Waals surface area contributed by atoms with Gasteiger partial charge in [-0.1, -0.05) is 6.07 Å². The Hall–Kier alpha value is -2.57. The van der Waals surface area contributed by atoms with Crippen LogP contribution in [0.25, 0.3) is 0 Å². The molecular weight excluding hydrogens is 248 g/mol. The molecule has 0 aliphatic carbocycles. The number of methoxy groups -OCH3 is 1. The van der Waals surface area contributed by atoms with Crippen molar-refractivity contribution in [2.75, 3.05) is 7.11 Å². The third-order valence-electron chi connectivity index (χ3n) is 2.52. The van der Waals surface area contributed by atoms with Crippen molar-refractivity contribution in [2.24, 2.45) is 7.05 Å². The number of carbonyl (C=O) groups is 1. The summed E-state index contributed by atoms with van der Waals surface area (Å²) < 4.78 is 6.49. The molecule has 1 amide bonds. The zero-order chi connectivity index (χ0) is 13.8. The van der Waals surface area contributed by atoms with E-state index < -0.39 is 5.91 Å². The highest BCUT2D eigenvalue weighted by molar-refractivity contribution is 5.97. The van der Waals surface area contributed by atoms with Crippen molar-refractivity contribution in [1.82, 2.24) is 20.1 Å². The SMILES string of the molecule is COc1cccc(C(=O)NCc2ncn(C)n2)c1O. The summed E-state index contributed by atoms with van der Waals surface area (Å²) in [5, 5.41) is 16.5. The van der Waals surface area contributed by atoms with Gasteiger partial charge in [0.05, 0.1) is 19.2 Å². The second-order valence-electron chi connectivity index (χ2n) is 3.87. The summed E-state index contributed by atoms with van der Waals surface area (Å²) in [6, 6.07) is 4.72. The van der Waals surface area contributed by atoms with E-state index in [1.807, 2.05) is 0 Å². The molecule has 7 nitrogen and oxygen atoms in total. The fourth-order valence-corrected chi connectivity index (χ4v) is 1.59. The Bertz CT molecular complexity index is 594. The summed E-state index contributed by atoms with van der Waals surface area (Å²) in [5.74, 6) is 0.155. The van der Waals surface area contributed by atoms with Gasteiger partial charge in [-0.3, -0.25) is 9.48 Å². The van der Waals surface area contributed by atoms with Gasteiger partial charge in [0.1, 0.15) is 6.33 Å². The van der Waals surface area contributed by atoms with Crippen molar-refractivity contribution in [3.63, 3.8) is 0 Å². The summed E-state index contributed by atoms with van der Waals surface area (Å²) in [6.07, 6.45) is 1.55. The van der Waals surface area contributed by atoms with Gasteiger partial charge < -0.3 is 15.2 Å². The number of benzene rings is 1. The van der Waals surface area contributed by atoms with Gasteiger partial charge in [0.15, 0.2) is 17.3 Å². The van der Waals surface area contributed by atoms with E-state index in [1.165, 1.54) is 13.2 Å². The van der Waals surface area contributed by atoms with Crippen molar-refractivity contribution in [3.05, 3.63) is 35.9 Å². The minimum Gasteiger partial charge on any atom is -0.504 e. The Morgan fingerprint density at radius 3 is 2.95 bits per heavy atom. The van der Waals surface area contributed by atoms with Crippen molar-refractivity contribution < 1.29 is 14.6 Å². The van der Waals surface area contributed by atoms with Crippen LogP contribution in [0.4, 0.5) is 0 Å². The van der Waals surface area contributed by atoms with Gasteiger partial charge in [0.25, 0.3) is 5.91 Å². The molecule has 0 fully saturated rings. The first kappa shape index (κ1) is 12.9. The predicted molar refractivity (Wildman–Crippen MR) is 66.8 cm³/mol. The Morgan fingerprint density at radius 2 is 2.32 bits per heavy atom. The van der Waals surface area contributed by atoms with E-state index in [1.54, 1.807) is 30.2 Å².